The van der Waals surface area contributed by atoms with E-state index in [1.54, 1.807) is 43.2 Å². The summed E-state index contributed by atoms with van der Waals surface area (Å²) in [6, 6.07) is 3.07. The van der Waals surface area contributed by atoms with Gasteiger partial charge in [-0.1, -0.05) is 11.6 Å². The Kier molecular flexibility index (Phi) is 3.26. The minimum absolute atomic E-state index is 0.202. The molecule has 21 heavy (non-hydrogen) atoms. The molecule has 0 radical (unpaired) electrons. The van der Waals surface area contributed by atoms with Gasteiger partial charge in [0.05, 0.1) is 17.1 Å². The lowest BCUT2D eigenvalue weighted by molar-refractivity contribution is -0.131. The number of aromatic nitrogens is 2. The number of carbonyl (C=O) groups excluding carboxylic acids is 2. The Balaban J connectivity index is 1.88. The molecule has 1 aliphatic rings. The molecule has 3 heterocycles. The monoisotopic (exact) mass is 324 g/mol. The van der Waals surface area contributed by atoms with Crippen molar-refractivity contribution in [2.24, 2.45) is 7.05 Å². The van der Waals surface area contributed by atoms with Gasteiger partial charge in [-0.15, -0.1) is 11.3 Å². The van der Waals surface area contributed by atoms with Crippen molar-refractivity contribution in [2.45, 2.75) is 19.0 Å². The molecule has 3 rings (SSSR count). The predicted molar refractivity (Wildman–Crippen MR) is 79.0 cm³/mol. The number of thiophene rings is 1. The Morgan fingerprint density at radius 3 is 2.76 bits per heavy atom. The maximum atomic E-state index is 12.6. The van der Waals surface area contributed by atoms with E-state index in [0.717, 1.165) is 10.4 Å². The first-order valence-corrected chi connectivity index (χ1v) is 7.47. The molecule has 1 fully saturated rings. The van der Waals surface area contributed by atoms with E-state index in [1.165, 1.54) is 16.2 Å². The number of rotatable bonds is 3. The molecule has 6 nitrogen and oxygen atoms in total. The van der Waals surface area contributed by atoms with Crippen LogP contribution in [0.3, 0.4) is 0 Å². The molecule has 1 saturated heterocycles. The fourth-order valence-electron chi connectivity index (χ4n) is 2.33. The molecular weight excluding hydrogens is 312 g/mol. The second-order valence-corrected chi connectivity index (χ2v) is 6.79. The first-order valence-electron chi connectivity index (χ1n) is 6.27. The maximum absolute atomic E-state index is 12.6. The van der Waals surface area contributed by atoms with Crippen molar-refractivity contribution in [3.05, 3.63) is 39.3 Å². The van der Waals surface area contributed by atoms with Crippen LogP contribution in [0.2, 0.25) is 4.34 Å². The minimum Gasteiger partial charge on any atom is -0.319 e. The lowest BCUT2D eigenvalue weighted by Gasteiger charge is -2.19. The number of nitrogens with zero attached hydrogens (tertiary/aromatic N) is 3. The van der Waals surface area contributed by atoms with Gasteiger partial charge in [0.1, 0.15) is 0 Å². The van der Waals surface area contributed by atoms with Crippen molar-refractivity contribution in [1.82, 2.24) is 20.0 Å². The molecule has 1 atom stereocenters. The van der Waals surface area contributed by atoms with Crippen LogP contribution in [0.4, 0.5) is 4.79 Å². The number of halogens is 1. The van der Waals surface area contributed by atoms with Gasteiger partial charge in [-0.3, -0.25) is 14.4 Å². The van der Waals surface area contributed by atoms with E-state index in [9.17, 15) is 9.59 Å². The quantitative estimate of drug-likeness (QED) is 0.879. The molecule has 1 N–H and O–H groups in total. The van der Waals surface area contributed by atoms with Crippen LogP contribution in [-0.2, 0) is 23.9 Å². The van der Waals surface area contributed by atoms with Crippen LogP contribution in [0.1, 0.15) is 17.4 Å². The van der Waals surface area contributed by atoms with Gasteiger partial charge >= 0.3 is 6.03 Å². The molecule has 2 aromatic heterocycles. The number of aryl methyl sites for hydroxylation is 1. The molecule has 8 heteroatoms. The zero-order valence-corrected chi connectivity index (χ0v) is 13.0. The van der Waals surface area contributed by atoms with Crippen LogP contribution in [0, 0.1) is 0 Å². The molecule has 1 aliphatic heterocycles. The summed E-state index contributed by atoms with van der Waals surface area (Å²) in [5, 5.41) is 6.79. The number of nitrogens with one attached hydrogen (secondary N) is 1. The van der Waals surface area contributed by atoms with Gasteiger partial charge in [0.15, 0.2) is 5.54 Å². The van der Waals surface area contributed by atoms with E-state index >= 15 is 0 Å². The maximum Gasteiger partial charge on any atom is 0.325 e. The highest BCUT2D eigenvalue weighted by molar-refractivity contribution is 7.16. The summed E-state index contributed by atoms with van der Waals surface area (Å²) in [5.74, 6) is -0.283. The molecule has 0 aliphatic carbocycles. The van der Waals surface area contributed by atoms with Crippen molar-refractivity contribution in [3.8, 4) is 0 Å². The predicted octanol–water partition coefficient (Wildman–Crippen LogP) is 2.10. The number of hydrogen-bond acceptors (Lipinski definition) is 4. The minimum atomic E-state index is -1.06. The van der Waals surface area contributed by atoms with Crippen LogP contribution in [-0.4, -0.2) is 26.6 Å². The summed E-state index contributed by atoms with van der Waals surface area (Å²) in [4.78, 5) is 26.7. The smallest absolute Gasteiger partial charge is 0.319 e. The Morgan fingerprint density at radius 2 is 2.19 bits per heavy atom. The Morgan fingerprint density at radius 1 is 1.43 bits per heavy atom. The summed E-state index contributed by atoms with van der Waals surface area (Å²) in [5.41, 5.74) is -0.258. The van der Waals surface area contributed by atoms with Gasteiger partial charge in [0.25, 0.3) is 5.91 Å². The van der Waals surface area contributed by atoms with Crippen molar-refractivity contribution < 1.29 is 9.59 Å². The van der Waals surface area contributed by atoms with E-state index in [4.69, 9.17) is 11.6 Å². The van der Waals surface area contributed by atoms with Gasteiger partial charge in [-0.05, 0) is 19.1 Å². The standard InChI is InChI=1S/C13H13ClN4O2S/c1-13(9-3-4-10(14)21-9)11(19)18(12(20)16-13)7-8-5-15-17(2)6-8/h3-6H,7H2,1-2H3,(H,16,20). The molecule has 0 bridgehead atoms. The molecule has 0 aromatic carbocycles. The summed E-state index contributed by atoms with van der Waals surface area (Å²) in [6.45, 7) is 1.89. The van der Waals surface area contributed by atoms with E-state index in [2.05, 4.69) is 10.4 Å². The zero-order chi connectivity index (χ0) is 15.2. The van der Waals surface area contributed by atoms with E-state index < -0.39 is 11.6 Å². The van der Waals surface area contributed by atoms with Gasteiger partial charge in [0.2, 0.25) is 0 Å². The summed E-state index contributed by atoms with van der Waals surface area (Å²) in [7, 11) is 1.78. The summed E-state index contributed by atoms with van der Waals surface area (Å²) in [6.07, 6.45) is 3.41. The van der Waals surface area contributed by atoms with Crippen LogP contribution in [0.15, 0.2) is 24.5 Å². The summed E-state index contributed by atoms with van der Waals surface area (Å²) < 4.78 is 2.21. The van der Waals surface area contributed by atoms with Gasteiger partial charge < -0.3 is 5.32 Å². The fourth-order valence-corrected chi connectivity index (χ4v) is 3.46. The average Bonchev–Trinajstić information content (AvgIpc) is 3.08. The highest BCUT2D eigenvalue weighted by atomic mass is 35.5. The lowest BCUT2D eigenvalue weighted by atomic mass is 10.0. The Hall–Kier alpha value is -1.86. The van der Waals surface area contributed by atoms with Crippen LogP contribution < -0.4 is 5.32 Å². The topological polar surface area (TPSA) is 67.2 Å². The van der Waals surface area contributed by atoms with Crippen LogP contribution >= 0.6 is 22.9 Å². The molecular formula is C13H13ClN4O2S. The normalized spacial score (nSPS) is 22.0. The SMILES string of the molecule is Cn1cc(CN2C(=O)NC(C)(c3ccc(Cl)s3)C2=O)cn1. The highest BCUT2D eigenvalue weighted by Crippen LogP contribution is 2.35. The molecule has 3 amide bonds. The molecule has 110 valence electrons. The summed E-state index contributed by atoms with van der Waals surface area (Å²) >= 11 is 7.21. The van der Waals surface area contributed by atoms with E-state index in [-0.39, 0.29) is 12.5 Å². The van der Waals surface area contributed by atoms with Crippen molar-refractivity contribution >= 4 is 34.9 Å². The fraction of sp³-hybridized carbons (Fsp3) is 0.308. The van der Waals surface area contributed by atoms with E-state index in [1.807, 2.05) is 0 Å². The number of imide groups is 1. The van der Waals surface area contributed by atoms with Gasteiger partial charge in [-0.25, -0.2) is 4.79 Å². The van der Waals surface area contributed by atoms with Crippen LogP contribution in [0.5, 0.6) is 0 Å². The van der Waals surface area contributed by atoms with Gasteiger partial charge in [-0.2, -0.15) is 5.10 Å². The molecule has 0 spiro atoms. The first kappa shape index (κ1) is 14.1. The van der Waals surface area contributed by atoms with Crippen molar-refractivity contribution in [2.75, 3.05) is 0 Å². The molecule has 1 unspecified atom stereocenters. The van der Waals surface area contributed by atoms with Crippen molar-refractivity contribution in [3.63, 3.8) is 0 Å². The zero-order valence-electron chi connectivity index (χ0n) is 11.5. The highest BCUT2D eigenvalue weighted by Gasteiger charge is 2.49. The number of urea groups is 1. The number of carbonyl (C=O) groups is 2. The molecule has 0 saturated carbocycles. The second-order valence-electron chi connectivity index (χ2n) is 5.07. The number of amides is 3. The average molecular weight is 325 g/mol. The van der Waals surface area contributed by atoms with E-state index in [0.29, 0.717) is 4.34 Å². The molecule has 2 aromatic rings. The third kappa shape index (κ3) is 2.32. The van der Waals surface area contributed by atoms with Gasteiger partial charge in [0, 0.05) is 23.7 Å². The Bertz CT molecular complexity index is 725. The van der Waals surface area contributed by atoms with Crippen molar-refractivity contribution in [1.29, 1.82) is 0 Å². The second kappa shape index (κ2) is 4.85. The third-order valence-corrected chi connectivity index (χ3v) is 4.89. The third-order valence-electron chi connectivity index (χ3n) is 3.44. The Labute approximate surface area is 130 Å². The number of hydrogen-bond donors (Lipinski definition) is 1. The largest absolute Gasteiger partial charge is 0.325 e. The van der Waals surface area contributed by atoms with Crippen LogP contribution in [0.25, 0.3) is 0 Å². The lowest BCUT2D eigenvalue weighted by Crippen LogP contribution is -2.40. The first-order chi connectivity index (χ1) is 9.90.